The van der Waals surface area contributed by atoms with Crippen molar-refractivity contribution in [3.63, 3.8) is 0 Å². The molecule has 0 radical (unpaired) electrons. The maximum atomic E-state index is 11.9. The molecule has 0 atom stereocenters. The molecule has 0 aliphatic heterocycles. The zero-order chi connectivity index (χ0) is 14.5. The average Bonchev–Trinajstić information content (AvgIpc) is 2.45. The monoisotopic (exact) mass is 271 g/mol. The van der Waals surface area contributed by atoms with E-state index in [1.165, 1.54) is 0 Å². The third-order valence-electron chi connectivity index (χ3n) is 3.27. The molecule has 4 heteroatoms. The lowest BCUT2D eigenvalue weighted by molar-refractivity contribution is -0.140. The number of hydrogen-bond donors (Lipinski definition) is 1. The second-order valence-electron chi connectivity index (χ2n) is 4.78. The largest absolute Gasteiger partial charge is 0.481 e. The van der Waals surface area contributed by atoms with Crippen molar-refractivity contribution in [2.24, 2.45) is 0 Å². The fourth-order valence-electron chi connectivity index (χ4n) is 2.18. The second kappa shape index (κ2) is 6.19. The van der Waals surface area contributed by atoms with Crippen LogP contribution in [0.4, 0.5) is 0 Å². The van der Waals surface area contributed by atoms with Crippen molar-refractivity contribution in [1.29, 1.82) is 0 Å². The summed E-state index contributed by atoms with van der Waals surface area (Å²) in [6, 6.07) is 14.0. The Balaban J connectivity index is 2.11. The minimum Gasteiger partial charge on any atom is -0.481 e. The summed E-state index contributed by atoms with van der Waals surface area (Å²) in [6.07, 6.45) is -0.0880. The molecule has 0 aromatic heterocycles. The van der Waals surface area contributed by atoms with Crippen LogP contribution < -0.4 is 0 Å². The van der Waals surface area contributed by atoms with Gasteiger partial charge in [-0.05, 0) is 16.3 Å². The van der Waals surface area contributed by atoms with E-state index in [4.69, 9.17) is 5.11 Å². The maximum absolute atomic E-state index is 11.9. The third kappa shape index (κ3) is 3.35. The molecule has 20 heavy (non-hydrogen) atoms. The minimum absolute atomic E-state index is 0.0383. The molecule has 0 aliphatic rings. The van der Waals surface area contributed by atoms with Gasteiger partial charge in [0.1, 0.15) is 0 Å². The number of carboxylic acid groups (broad SMARTS) is 1. The lowest BCUT2D eigenvalue weighted by Crippen LogP contribution is -2.26. The molecule has 2 aromatic carbocycles. The van der Waals surface area contributed by atoms with E-state index in [-0.39, 0.29) is 18.7 Å². The Morgan fingerprint density at radius 3 is 2.50 bits per heavy atom. The van der Waals surface area contributed by atoms with E-state index in [2.05, 4.69) is 0 Å². The molecule has 2 aromatic rings. The summed E-state index contributed by atoms with van der Waals surface area (Å²) in [5.41, 5.74) is 1.06. The first-order valence-corrected chi connectivity index (χ1v) is 6.50. The zero-order valence-electron chi connectivity index (χ0n) is 11.4. The number of fused-ring (bicyclic) bond motifs is 1. The van der Waals surface area contributed by atoms with Crippen LogP contribution in [0.5, 0.6) is 0 Å². The van der Waals surface area contributed by atoms with Gasteiger partial charge in [0.05, 0.1) is 6.42 Å². The molecule has 0 unspecified atom stereocenters. The Morgan fingerprint density at radius 2 is 1.75 bits per heavy atom. The van der Waals surface area contributed by atoms with E-state index in [0.717, 1.165) is 16.3 Å². The number of carboxylic acids is 1. The van der Waals surface area contributed by atoms with Crippen molar-refractivity contribution in [2.75, 3.05) is 7.05 Å². The summed E-state index contributed by atoms with van der Waals surface area (Å²) in [6.45, 7) is 0.486. The van der Waals surface area contributed by atoms with E-state index in [0.29, 0.717) is 6.54 Å². The summed E-state index contributed by atoms with van der Waals surface area (Å²) >= 11 is 0. The van der Waals surface area contributed by atoms with E-state index >= 15 is 0 Å². The molecule has 104 valence electrons. The number of carbonyl (C=O) groups is 2. The molecule has 0 saturated carbocycles. The van der Waals surface area contributed by atoms with E-state index in [1.54, 1.807) is 11.9 Å². The summed E-state index contributed by atoms with van der Waals surface area (Å²) < 4.78 is 0. The molecule has 4 nitrogen and oxygen atoms in total. The summed E-state index contributed by atoms with van der Waals surface area (Å²) in [4.78, 5) is 23.9. The van der Waals surface area contributed by atoms with Gasteiger partial charge >= 0.3 is 5.97 Å². The molecule has 0 fully saturated rings. The average molecular weight is 271 g/mol. The minimum atomic E-state index is -0.947. The summed E-state index contributed by atoms with van der Waals surface area (Å²) in [5.74, 6) is -1.10. The van der Waals surface area contributed by atoms with Crippen LogP contribution in [-0.4, -0.2) is 28.9 Å². The van der Waals surface area contributed by atoms with E-state index in [1.807, 2.05) is 42.5 Å². The van der Waals surface area contributed by atoms with Crippen LogP contribution in [0.3, 0.4) is 0 Å². The number of nitrogens with zero attached hydrogens (tertiary/aromatic N) is 1. The molecule has 1 amide bonds. The molecule has 1 N–H and O–H groups in total. The van der Waals surface area contributed by atoms with Gasteiger partial charge in [0.25, 0.3) is 0 Å². The summed E-state index contributed by atoms with van der Waals surface area (Å²) in [5, 5.41) is 10.9. The Labute approximate surface area is 117 Å². The fraction of sp³-hybridized carbons (Fsp3) is 0.250. The lowest BCUT2D eigenvalue weighted by atomic mass is 10.0. The van der Waals surface area contributed by atoms with E-state index < -0.39 is 5.97 Å². The summed E-state index contributed by atoms with van der Waals surface area (Å²) in [7, 11) is 1.70. The van der Waals surface area contributed by atoms with Crippen LogP contribution in [0.1, 0.15) is 18.4 Å². The Bertz CT molecular complexity index is 631. The van der Waals surface area contributed by atoms with Gasteiger partial charge in [-0.15, -0.1) is 0 Å². The maximum Gasteiger partial charge on any atom is 0.303 e. The van der Waals surface area contributed by atoms with Gasteiger partial charge in [0.2, 0.25) is 5.91 Å². The van der Waals surface area contributed by atoms with Gasteiger partial charge in [0.15, 0.2) is 0 Å². The molecular formula is C16H17NO3. The highest BCUT2D eigenvalue weighted by Gasteiger charge is 2.12. The van der Waals surface area contributed by atoms with Crippen molar-refractivity contribution in [2.45, 2.75) is 19.4 Å². The van der Waals surface area contributed by atoms with Gasteiger partial charge in [-0.2, -0.15) is 0 Å². The van der Waals surface area contributed by atoms with Crippen molar-refractivity contribution >= 4 is 22.6 Å². The first-order chi connectivity index (χ1) is 9.58. The van der Waals surface area contributed by atoms with Crippen molar-refractivity contribution in [3.8, 4) is 0 Å². The molecule has 0 aliphatic carbocycles. The van der Waals surface area contributed by atoms with Gasteiger partial charge in [-0.3, -0.25) is 9.59 Å². The predicted octanol–water partition coefficient (Wildman–Crippen LogP) is 2.66. The molecule has 0 bridgehead atoms. The SMILES string of the molecule is CN(Cc1cccc2ccccc12)C(=O)CCC(=O)O. The quantitative estimate of drug-likeness (QED) is 0.909. The van der Waals surface area contributed by atoms with Crippen molar-refractivity contribution in [3.05, 3.63) is 48.0 Å². The number of amides is 1. The Morgan fingerprint density at radius 1 is 1.05 bits per heavy atom. The van der Waals surface area contributed by atoms with Crippen LogP contribution in [0.2, 0.25) is 0 Å². The highest BCUT2D eigenvalue weighted by molar-refractivity contribution is 5.86. The van der Waals surface area contributed by atoms with Crippen LogP contribution in [-0.2, 0) is 16.1 Å². The second-order valence-corrected chi connectivity index (χ2v) is 4.78. The third-order valence-corrected chi connectivity index (χ3v) is 3.27. The molecule has 0 heterocycles. The van der Waals surface area contributed by atoms with Gasteiger partial charge in [-0.1, -0.05) is 42.5 Å². The van der Waals surface area contributed by atoms with Crippen LogP contribution >= 0.6 is 0 Å². The van der Waals surface area contributed by atoms with Crippen LogP contribution in [0.25, 0.3) is 10.8 Å². The van der Waals surface area contributed by atoms with Gasteiger partial charge in [-0.25, -0.2) is 0 Å². The number of benzene rings is 2. The highest BCUT2D eigenvalue weighted by Crippen LogP contribution is 2.19. The first kappa shape index (κ1) is 14.1. The van der Waals surface area contributed by atoms with Crippen molar-refractivity contribution < 1.29 is 14.7 Å². The molecule has 0 saturated heterocycles. The first-order valence-electron chi connectivity index (χ1n) is 6.50. The zero-order valence-corrected chi connectivity index (χ0v) is 11.4. The Kier molecular flexibility index (Phi) is 4.35. The lowest BCUT2D eigenvalue weighted by Gasteiger charge is -2.18. The topological polar surface area (TPSA) is 57.6 Å². The number of carbonyl (C=O) groups excluding carboxylic acids is 1. The van der Waals surface area contributed by atoms with E-state index in [9.17, 15) is 9.59 Å². The predicted molar refractivity (Wildman–Crippen MR) is 77.3 cm³/mol. The Hall–Kier alpha value is -2.36. The fourth-order valence-corrected chi connectivity index (χ4v) is 2.18. The van der Waals surface area contributed by atoms with Crippen molar-refractivity contribution in [1.82, 2.24) is 4.90 Å². The molecular weight excluding hydrogens is 254 g/mol. The highest BCUT2D eigenvalue weighted by atomic mass is 16.4. The molecule has 2 rings (SSSR count). The number of aliphatic carboxylic acids is 1. The van der Waals surface area contributed by atoms with Gasteiger partial charge < -0.3 is 10.0 Å². The molecule has 0 spiro atoms. The smallest absolute Gasteiger partial charge is 0.303 e. The number of rotatable bonds is 5. The van der Waals surface area contributed by atoms with Crippen LogP contribution in [0, 0.1) is 0 Å². The normalized spacial score (nSPS) is 10.4. The number of hydrogen-bond acceptors (Lipinski definition) is 2. The standard InChI is InChI=1S/C16H17NO3/c1-17(15(18)9-10-16(19)20)11-13-7-4-6-12-5-2-3-8-14(12)13/h2-8H,9-11H2,1H3,(H,19,20). The van der Waals surface area contributed by atoms with Gasteiger partial charge in [0, 0.05) is 20.0 Å². The van der Waals surface area contributed by atoms with Crippen LogP contribution in [0.15, 0.2) is 42.5 Å².